The zero-order valence-corrected chi connectivity index (χ0v) is 13.3. The number of carbonyl (C=O) groups excluding carboxylic acids is 1. The third-order valence-corrected chi connectivity index (χ3v) is 4.22. The van der Waals surface area contributed by atoms with Crippen molar-refractivity contribution < 1.29 is 22.4 Å². The lowest BCUT2D eigenvalue weighted by Crippen LogP contribution is -2.49. The first-order chi connectivity index (χ1) is 11.9. The second kappa shape index (κ2) is 6.74. The highest BCUT2D eigenvalue weighted by atomic mass is 19.4. The average Bonchev–Trinajstić information content (AvgIpc) is 2.61. The molecule has 132 valence electrons. The van der Waals surface area contributed by atoms with Crippen LogP contribution in [0.3, 0.4) is 0 Å². The van der Waals surface area contributed by atoms with Gasteiger partial charge in [-0.25, -0.2) is 4.39 Å². The highest BCUT2D eigenvalue weighted by Crippen LogP contribution is 2.29. The normalized spacial score (nSPS) is 15.4. The molecule has 0 N–H and O–H groups in total. The summed E-state index contributed by atoms with van der Waals surface area (Å²) in [6.07, 6.45) is -4.42. The lowest BCUT2D eigenvalue weighted by molar-refractivity contribution is -0.137. The summed E-state index contributed by atoms with van der Waals surface area (Å²) in [7, 11) is 0. The quantitative estimate of drug-likeness (QED) is 0.768. The van der Waals surface area contributed by atoms with Crippen molar-refractivity contribution in [3.8, 4) is 0 Å². The molecule has 0 saturated carbocycles. The van der Waals surface area contributed by atoms with Crippen molar-refractivity contribution in [1.82, 2.24) is 4.90 Å². The molecular formula is C18H16F4N2O. The molecule has 1 fully saturated rings. The molecule has 0 unspecified atom stereocenters. The zero-order chi connectivity index (χ0) is 18.0. The van der Waals surface area contributed by atoms with Gasteiger partial charge in [-0.3, -0.25) is 4.79 Å². The van der Waals surface area contributed by atoms with Crippen molar-refractivity contribution in [2.75, 3.05) is 31.1 Å². The third-order valence-electron chi connectivity index (χ3n) is 4.22. The topological polar surface area (TPSA) is 23.6 Å². The van der Waals surface area contributed by atoms with E-state index in [4.69, 9.17) is 0 Å². The Hall–Kier alpha value is -2.57. The first-order valence-electron chi connectivity index (χ1n) is 7.82. The van der Waals surface area contributed by atoms with Gasteiger partial charge in [0.1, 0.15) is 5.82 Å². The van der Waals surface area contributed by atoms with E-state index >= 15 is 0 Å². The van der Waals surface area contributed by atoms with Crippen LogP contribution in [0.1, 0.15) is 15.9 Å². The highest BCUT2D eigenvalue weighted by molar-refractivity contribution is 5.94. The fraction of sp³-hybridized carbons (Fsp3) is 0.278. The van der Waals surface area contributed by atoms with Gasteiger partial charge in [0, 0.05) is 31.7 Å². The fourth-order valence-electron chi connectivity index (χ4n) is 2.84. The second-order valence-corrected chi connectivity index (χ2v) is 5.81. The minimum atomic E-state index is -4.42. The van der Waals surface area contributed by atoms with Gasteiger partial charge in [0.15, 0.2) is 0 Å². The number of alkyl halides is 3. The molecule has 0 aromatic heterocycles. The fourth-order valence-corrected chi connectivity index (χ4v) is 2.84. The molecule has 3 nitrogen and oxygen atoms in total. The average molecular weight is 352 g/mol. The van der Waals surface area contributed by atoms with Crippen LogP contribution in [-0.4, -0.2) is 37.0 Å². The van der Waals surface area contributed by atoms with Gasteiger partial charge in [-0.1, -0.05) is 12.1 Å². The predicted molar refractivity (Wildman–Crippen MR) is 86.0 cm³/mol. The van der Waals surface area contributed by atoms with E-state index in [0.29, 0.717) is 31.9 Å². The number of piperazine rings is 1. The van der Waals surface area contributed by atoms with Crippen molar-refractivity contribution in [3.05, 3.63) is 65.5 Å². The molecule has 2 aromatic carbocycles. The van der Waals surface area contributed by atoms with E-state index < -0.39 is 11.7 Å². The highest BCUT2D eigenvalue weighted by Gasteiger charge is 2.30. The number of halogens is 4. The molecule has 1 aliphatic heterocycles. The van der Waals surface area contributed by atoms with Crippen LogP contribution in [0, 0.1) is 5.82 Å². The van der Waals surface area contributed by atoms with Crippen molar-refractivity contribution in [2.24, 2.45) is 0 Å². The van der Waals surface area contributed by atoms with E-state index in [-0.39, 0.29) is 17.3 Å². The Morgan fingerprint density at radius 1 is 0.880 bits per heavy atom. The number of anilines is 1. The zero-order valence-electron chi connectivity index (χ0n) is 13.3. The van der Waals surface area contributed by atoms with Crippen molar-refractivity contribution in [2.45, 2.75) is 6.18 Å². The lowest BCUT2D eigenvalue weighted by Gasteiger charge is -2.36. The van der Waals surface area contributed by atoms with Crippen LogP contribution in [0.15, 0.2) is 48.5 Å². The number of benzene rings is 2. The summed E-state index contributed by atoms with van der Waals surface area (Å²) >= 11 is 0. The van der Waals surface area contributed by atoms with Crippen LogP contribution in [0.2, 0.25) is 0 Å². The van der Waals surface area contributed by atoms with E-state index in [1.54, 1.807) is 23.1 Å². The maximum atomic E-state index is 13.8. The van der Waals surface area contributed by atoms with Crippen LogP contribution in [-0.2, 0) is 6.18 Å². The van der Waals surface area contributed by atoms with Gasteiger partial charge in [-0.05, 0) is 36.4 Å². The summed E-state index contributed by atoms with van der Waals surface area (Å²) < 4.78 is 51.6. The van der Waals surface area contributed by atoms with Crippen LogP contribution in [0.5, 0.6) is 0 Å². The molecule has 0 radical (unpaired) electrons. The van der Waals surface area contributed by atoms with Gasteiger partial charge < -0.3 is 9.80 Å². The van der Waals surface area contributed by atoms with Crippen LogP contribution < -0.4 is 4.90 Å². The van der Waals surface area contributed by atoms with Gasteiger partial charge in [0.05, 0.1) is 11.3 Å². The molecule has 7 heteroatoms. The van der Waals surface area contributed by atoms with Crippen LogP contribution in [0.25, 0.3) is 0 Å². The summed E-state index contributed by atoms with van der Waals surface area (Å²) in [5.74, 6) is -0.632. The molecular weight excluding hydrogens is 336 g/mol. The van der Waals surface area contributed by atoms with Crippen molar-refractivity contribution in [3.63, 3.8) is 0 Å². The van der Waals surface area contributed by atoms with E-state index in [1.165, 1.54) is 18.2 Å². The molecule has 1 aliphatic rings. The van der Waals surface area contributed by atoms with Gasteiger partial charge in [-0.15, -0.1) is 0 Å². The Labute approximate surface area is 142 Å². The van der Waals surface area contributed by atoms with E-state index in [1.807, 2.05) is 4.90 Å². The smallest absolute Gasteiger partial charge is 0.366 e. The SMILES string of the molecule is O=C(c1ccc(C(F)(F)F)cc1)N1CCN(c2ccccc2F)CC1. The van der Waals surface area contributed by atoms with Gasteiger partial charge in [-0.2, -0.15) is 13.2 Å². The Balaban J connectivity index is 1.65. The number of hydrogen-bond acceptors (Lipinski definition) is 2. The second-order valence-electron chi connectivity index (χ2n) is 5.81. The Morgan fingerprint density at radius 3 is 2.04 bits per heavy atom. The molecule has 1 amide bonds. The van der Waals surface area contributed by atoms with E-state index in [9.17, 15) is 22.4 Å². The third kappa shape index (κ3) is 3.75. The summed E-state index contributed by atoms with van der Waals surface area (Å²) in [6, 6.07) is 10.6. The standard InChI is InChI=1S/C18H16F4N2O/c19-15-3-1-2-4-16(15)23-9-11-24(12-10-23)17(25)13-5-7-14(8-6-13)18(20,21)22/h1-8H,9-12H2. The molecule has 1 saturated heterocycles. The Kier molecular flexibility index (Phi) is 4.65. The summed E-state index contributed by atoms with van der Waals surface area (Å²) in [5.41, 5.74) is -0.0788. The molecule has 1 heterocycles. The minimum Gasteiger partial charge on any atom is -0.366 e. The Morgan fingerprint density at radius 2 is 1.48 bits per heavy atom. The molecule has 0 aliphatic carbocycles. The largest absolute Gasteiger partial charge is 0.416 e. The summed E-state index contributed by atoms with van der Waals surface area (Å²) in [5, 5.41) is 0. The van der Waals surface area contributed by atoms with Gasteiger partial charge in [0.25, 0.3) is 5.91 Å². The molecule has 3 rings (SSSR count). The molecule has 0 spiro atoms. The summed E-state index contributed by atoms with van der Waals surface area (Å²) in [6.45, 7) is 1.70. The van der Waals surface area contributed by atoms with Crippen molar-refractivity contribution >= 4 is 11.6 Å². The van der Waals surface area contributed by atoms with Crippen LogP contribution in [0.4, 0.5) is 23.2 Å². The first-order valence-corrected chi connectivity index (χ1v) is 7.82. The van der Waals surface area contributed by atoms with Crippen LogP contribution >= 0.6 is 0 Å². The maximum Gasteiger partial charge on any atom is 0.416 e. The predicted octanol–water partition coefficient (Wildman–Crippen LogP) is 3.81. The molecule has 2 aromatic rings. The number of carbonyl (C=O) groups is 1. The number of rotatable bonds is 2. The summed E-state index contributed by atoms with van der Waals surface area (Å²) in [4.78, 5) is 15.8. The van der Waals surface area contributed by atoms with Gasteiger partial charge in [0.2, 0.25) is 0 Å². The monoisotopic (exact) mass is 352 g/mol. The van der Waals surface area contributed by atoms with Gasteiger partial charge >= 0.3 is 6.18 Å². The number of para-hydroxylation sites is 1. The molecule has 0 atom stereocenters. The first kappa shape index (κ1) is 17.3. The van der Waals surface area contributed by atoms with E-state index in [0.717, 1.165) is 12.1 Å². The minimum absolute atomic E-state index is 0.215. The van der Waals surface area contributed by atoms with Crippen molar-refractivity contribution in [1.29, 1.82) is 0 Å². The maximum absolute atomic E-state index is 13.8. The number of hydrogen-bond donors (Lipinski definition) is 0. The molecule has 0 bridgehead atoms. The Bertz CT molecular complexity index is 750. The number of amides is 1. The number of nitrogens with zero attached hydrogens (tertiary/aromatic N) is 2. The molecule has 25 heavy (non-hydrogen) atoms. The van der Waals surface area contributed by atoms with E-state index in [2.05, 4.69) is 0 Å². The lowest BCUT2D eigenvalue weighted by atomic mass is 10.1.